The smallest absolute Gasteiger partial charge is 0.185 e. The van der Waals surface area contributed by atoms with Gasteiger partial charge in [0.25, 0.3) is 0 Å². The Kier molecular flexibility index (Phi) is 8.00. The lowest BCUT2D eigenvalue weighted by Crippen LogP contribution is -2.18. The van der Waals surface area contributed by atoms with Crippen molar-refractivity contribution in [3.05, 3.63) is 29.8 Å². The Labute approximate surface area is 151 Å². The Balaban J connectivity index is 2.59. The topological polar surface area (TPSA) is 68.3 Å². The Morgan fingerprint density at radius 2 is 1.44 bits per heavy atom. The maximum absolute atomic E-state index is 12.4. The molecule has 0 saturated carbocycles. The third-order valence-corrected chi connectivity index (χ3v) is 5.86. The normalized spacial score (nSPS) is 12.2. The first kappa shape index (κ1) is 21.6. The number of unbranched alkanes of at least 4 members (excludes halogenated alkanes) is 2. The van der Waals surface area contributed by atoms with Crippen LogP contribution in [0.5, 0.6) is 0 Å². The van der Waals surface area contributed by atoms with Gasteiger partial charge in [-0.25, -0.2) is 8.42 Å². The summed E-state index contributed by atoms with van der Waals surface area (Å²) in [5.74, 6) is -0.901. The minimum atomic E-state index is -3.65. The number of carbonyl (C=O) groups excluding carboxylic acids is 2. The molecule has 140 valence electrons. The molecule has 0 unspecified atom stereocenters. The van der Waals surface area contributed by atoms with Gasteiger partial charge in [0.05, 0.1) is 4.90 Å². The number of Topliss-reactive ketones (excluding diaryl/α,β-unsaturated/α-hetero) is 2. The van der Waals surface area contributed by atoms with Crippen molar-refractivity contribution in [1.82, 2.24) is 0 Å². The summed E-state index contributed by atoms with van der Waals surface area (Å²) in [4.78, 5) is 23.8. The van der Waals surface area contributed by atoms with Crippen molar-refractivity contribution in [3.8, 4) is 0 Å². The molecule has 0 atom stereocenters. The minimum absolute atomic E-state index is 0.00423. The lowest BCUT2D eigenvalue weighted by atomic mass is 9.87. The summed E-state index contributed by atoms with van der Waals surface area (Å²) in [6.07, 6.45) is 3.49. The molecule has 0 amide bonds. The van der Waals surface area contributed by atoms with Crippen LogP contribution in [0, 0.1) is 0 Å². The van der Waals surface area contributed by atoms with Gasteiger partial charge < -0.3 is 0 Å². The molecule has 0 spiro atoms. The molecular weight excluding hydrogens is 336 g/mol. The zero-order valence-corrected chi connectivity index (χ0v) is 16.6. The van der Waals surface area contributed by atoms with Gasteiger partial charge in [-0.05, 0) is 29.5 Å². The van der Waals surface area contributed by atoms with Crippen LogP contribution in [0.2, 0.25) is 0 Å². The summed E-state index contributed by atoms with van der Waals surface area (Å²) in [5.41, 5.74) is 0.978. The van der Waals surface area contributed by atoms with E-state index in [9.17, 15) is 18.0 Å². The average molecular weight is 367 g/mol. The molecule has 0 heterocycles. The Hall–Kier alpha value is -1.49. The fourth-order valence-electron chi connectivity index (χ4n) is 2.51. The predicted molar refractivity (Wildman–Crippen MR) is 101 cm³/mol. The van der Waals surface area contributed by atoms with Gasteiger partial charge >= 0.3 is 0 Å². The number of benzene rings is 1. The Bertz CT molecular complexity index is 679. The van der Waals surface area contributed by atoms with Crippen LogP contribution >= 0.6 is 0 Å². The zero-order valence-electron chi connectivity index (χ0n) is 15.8. The van der Waals surface area contributed by atoms with Gasteiger partial charge in [-0.15, -0.1) is 0 Å². The van der Waals surface area contributed by atoms with Gasteiger partial charge in [0.1, 0.15) is 17.3 Å². The maximum atomic E-state index is 12.4. The third-order valence-electron chi connectivity index (χ3n) is 4.17. The van der Waals surface area contributed by atoms with Crippen molar-refractivity contribution in [2.45, 2.75) is 76.5 Å². The molecular formula is C20H30O4S. The molecule has 0 aromatic heterocycles. The molecule has 0 radical (unpaired) electrons. The number of hydrogen-bond donors (Lipinski definition) is 0. The van der Waals surface area contributed by atoms with Crippen molar-refractivity contribution >= 4 is 21.4 Å². The first-order valence-electron chi connectivity index (χ1n) is 8.93. The summed E-state index contributed by atoms with van der Waals surface area (Å²) >= 11 is 0. The zero-order chi connectivity index (χ0) is 19.1. The second kappa shape index (κ2) is 9.27. The van der Waals surface area contributed by atoms with E-state index in [-0.39, 0.29) is 28.9 Å². The van der Waals surface area contributed by atoms with Crippen molar-refractivity contribution < 1.29 is 18.0 Å². The second-order valence-corrected chi connectivity index (χ2v) is 9.56. The molecule has 0 aliphatic rings. The molecule has 5 heteroatoms. The highest BCUT2D eigenvalue weighted by Gasteiger charge is 2.21. The lowest BCUT2D eigenvalue weighted by molar-refractivity contribution is -0.123. The first-order valence-corrected chi connectivity index (χ1v) is 10.6. The second-order valence-electron chi connectivity index (χ2n) is 7.57. The van der Waals surface area contributed by atoms with Gasteiger partial charge in [0.2, 0.25) is 0 Å². The Morgan fingerprint density at radius 3 is 1.96 bits per heavy atom. The monoisotopic (exact) mass is 366 g/mol. The highest BCUT2D eigenvalue weighted by atomic mass is 32.2. The van der Waals surface area contributed by atoms with Crippen LogP contribution in [-0.4, -0.2) is 25.7 Å². The van der Waals surface area contributed by atoms with Crippen molar-refractivity contribution in [2.24, 2.45) is 0 Å². The molecule has 0 aliphatic carbocycles. The van der Waals surface area contributed by atoms with Crippen LogP contribution in [0.15, 0.2) is 29.2 Å². The molecule has 1 rings (SSSR count). The molecule has 1 aromatic carbocycles. The predicted octanol–water partition coefficient (Wildman–Crippen LogP) is 4.26. The summed E-state index contributed by atoms with van der Waals surface area (Å²) in [6, 6.07) is 6.68. The van der Waals surface area contributed by atoms with Crippen LogP contribution in [0.4, 0.5) is 0 Å². The van der Waals surface area contributed by atoms with Gasteiger partial charge in [0, 0.05) is 19.3 Å². The molecule has 0 bridgehead atoms. The van der Waals surface area contributed by atoms with E-state index in [1.807, 2.05) is 0 Å². The number of ketones is 2. The SMILES string of the molecule is CCCCCC(=O)CCC(=O)CS(=O)(=O)c1ccc(C(C)(C)C)cc1. The molecule has 0 aliphatic heterocycles. The lowest BCUT2D eigenvalue weighted by Gasteiger charge is -2.19. The fourth-order valence-corrected chi connectivity index (χ4v) is 3.79. The van der Waals surface area contributed by atoms with Gasteiger partial charge in [-0.1, -0.05) is 52.7 Å². The highest BCUT2D eigenvalue weighted by Crippen LogP contribution is 2.23. The molecule has 1 aromatic rings. The van der Waals surface area contributed by atoms with Crippen LogP contribution in [0.25, 0.3) is 0 Å². The van der Waals surface area contributed by atoms with E-state index in [1.165, 1.54) is 0 Å². The van der Waals surface area contributed by atoms with Crippen LogP contribution < -0.4 is 0 Å². The number of carbonyl (C=O) groups is 2. The van der Waals surface area contributed by atoms with Crippen LogP contribution in [0.3, 0.4) is 0 Å². The van der Waals surface area contributed by atoms with E-state index in [0.717, 1.165) is 24.8 Å². The summed E-state index contributed by atoms with van der Waals surface area (Å²) < 4.78 is 24.7. The molecule has 25 heavy (non-hydrogen) atoms. The van der Waals surface area contributed by atoms with Gasteiger partial charge in [-0.2, -0.15) is 0 Å². The molecule has 0 N–H and O–H groups in total. The van der Waals surface area contributed by atoms with E-state index in [0.29, 0.717) is 6.42 Å². The van der Waals surface area contributed by atoms with Crippen molar-refractivity contribution in [3.63, 3.8) is 0 Å². The quantitative estimate of drug-likeness (QED) is 0.580. The van der Waals surface area contributed by atoms with E-state index < -0.39 is 21.4 Å². The van der Waals surface area contributed by atoms with Crippen LogP contribution in [-0.2, 0) is 24.8 Å². The number of hydrogen-bond acceptors (Lipinski definition) is 4. The van der Waals surface area contributed by atoms with Crippen molar-refractivity contribution in [2.75, 3.05) is 5.75 Å². The fraction of sp³-hybridized carbons (Fsp3) is 0.600. The molecule has 4 nitrogen and oxygen atoms in total. The van der Waals surface area contributed by atoms with E-state index in [2.05, 4.69) is 27.7 Å². The minimum Gasteiger partial charge on any atom is -0.300 e. The van der Waals surface area contributed by atoms with Gasteiger partial charge in [0.15, 0.2) is 9.84 Å². The average Bonchev–Trinajstić information content (AvgIpc) is 2.52. The summed E-state index contributed by atoms with van der Waals surface area (Å²) in [7, 11) is -3.65. The molecule has 0 saturated heterocycles. The maximum Gasteiger partial charge on any atom is 0.185 e. The summed E-state index contributed by atoms with van der Waals surface area (Å²) in [6.45, 7) is 8.22. The van der Waals surface area contributed by atoms with Gasteiger partial charge in [-0.3, -0.25) is 9.59 Å². The number of rotatable bonds is 10. The standard InChI is InChI=1S/C20H30O4S/c1-5-6-7-8-17(21)11-12-18(22)15-25(23,24)19-13-9-16(10-14-19)20(2,3)4/h9-10,13-14H,5-8,11-12,15H2,1-4H3. The first-order chi connectivity index (χ1) is 11.6. The largest absolute Gasteiger partial charge is 0.300 e. The van der Waals surface area contributed by atoms with E-state index in [4.69, 9.17) is 0 Å². The van der Waals surface area contributed by atoms with Crippen LogP contribution in [0.1, 0.15) is 71.8 Å². The van der Waals surface area contributed by atoms with E-state index in [1.54, 1.807) is 24.3 Å². The molecule has 0 fully saturated rings. The summed E-state index contributed by atoms with van der Waals surface area (Å²) in [5, 5.41) is 0. The third kappa shape index (κ3) is 7.51. The Morgan fingerprint density at radius 1 is 0.880 bits per heavy atom. The highest BCUT2D eigenvalue weighted by molar-refractivity contribution is 7.92. The van der Waals surface area contributed by atoms with Crippen molar-refractivity contribution in [1.29, 1.82) is 0 Å². The number of sulfone groups is 1. The van der Waals surface area contributed by atoms with E-state index >= 15 is 0 Å².